The van der Waals surface area contributed by atoms with Crippen molar-refractivity contribution in [2.24, 2.45) is 7.05 Å². The van der Waals surface area contributed by atoms with E-state index in [4.69, 9.17) is 23.9 Å². The summed E-state index contributed by atoms with van der Waals surface area (Å²) in [4.78, 5) is 49.1. The maximum Gasteiger partial charge on any atom is 0.329 e. The summed E-state index contributed by atoms with van der Waals surface area (Å²) >= 11 is 0. The molecule has 0 unspecified atom stereocenters. The number of rotatable bonds is 23. The second-order valence-corrected chi connectivity index (χ2v) is 16.5. The van der Waals surface area contributed by atoms with Crippen molar-refractivity contribution < 1.29 is 33.6 Å². The maximum atomic E-state index is 13.0. The number of nitrogens with zero attached hydrogens (tertiary/aromatic N) is 6. The average Bonchev–Trinajstić information content (AvgIpc) is 3.76. The second kappa shape index (κ2) is 22.1. The van der Waals surface area contributed by atoms with Gasteiger partial charge in [-0.3, -0.25) is 28.9 Å². The summed E-state index contributed by atoms with van der Waals surface area (Å²) in [5.74, 6) is -0.0519. The zero-order valence-electron chi connectivity index (χ0n) is 35.9. The van der Waals surface area contributed by atoms with Crippen molar-refractivity contribution in [2.45, 2.75) is 95.7 Å². The van der Waals surface area contributed by atoms with Gasteiger partial charge in [-0.2, -0.15) is 4.98 Å². The molecule has 1 atom stereocenters. The molecule has 16 nitrogen and oxygen atoms in total. The normalized spacial score (nSPS) is 20.1. The highest BCUT2D eigenvalue weighted by atomic mass is 16.6. The Balaban J connectivity index is 0.731. The van der Waals surface area contributed by atoms with E-state index in [1.54, 1.807) is 11.6 Å². The number of carbonyl (C=O) groups excluding carboxylic acids is 2. The third kappa shape index (κ3) is 11.5. The molecular weight excluding hydrogens is 781 g/mol. The number of hydrogen-bond acceptors (Lipinski definition) is 12. The zero-order chi connectivity index (χ0) is 42.6. The third-order valence-electron chi connectivity index (χ3n) is 12.2. The van der Waals surface area contributed by atoms with Crippen LogP contribution < -0.4 is 16.3 Å². The molecule has 332 valence electrons. The van der Waals surface area contributed by atoms with Gasteiger partial charge in [0.15, 0.2) is 0 Å². The smallest absolute Gasteiger partial charge is 0.329 e. The molecular formula is C45H64N8O8. The molecule has 7 rings (SSSR count). The summed E-state index contributed by atoms with van der Waals surface area (Å²) in [6, 6.07) is 5.50. The van der Waals surface area contributed by atoms with Crippen LogP contribution in [0.25, 0.3) is 27.6 Å². The van der Waals surface area contributed by atoms with E-state index in [2.05, 4.69) is 44.3 Å². The minimum absolute atomic E-state index is 0.196. The summed E-state index contributed by atoms with van der Waals surface area (Å²) in [7, 11) is 1.70. The van der Waals surface area contributed by atoms with Crippen LogP contribution in [0.3, 0.4) is 0 Å². The number of ether oxygens (including phenoxy) is 4. The third-order valence-corrected chi connectivity index (χ3v) is 12.2. The maximum absolute atomic E-state index is 13.0. The van der Waals surface area contributed by atoms with Gasteiger partial charge >= 0.3 is 5.69 Å². The fourth-order valence-corrected chi connectivity index (χ4v) is 8.65. The SMILES string of the molecule is CCCCNc1ncc2c(C3=CCN(CCOCCOCCOCCOCCCc4ccc5c(c4)n(C)c(=O)n5[C@H]4CCC(=O)NC4=O)CC3)cn([C@H]3CC[C@H](O)CC3)c2n1. The number of piperidine rings is 1. The number of unbranched alkanes of at least 4 members (excludes halogenated alkanes) is 1. The zero-order valence-corrected chi connectivity index (χ0v) is 35.9. The van der Waals surface area contributed by atoms with Crippen molar-refractivity contribution in [1.82, 2.24) is 33.9 Å². The predicted molar refractivity (Wildman–Crippen MR) is 234 cm³/mol. The van der Waals surface area contributed by atoms with Crippen LogP contribution in [0.2, 0.25) is 0 Å². The summed E-state index contributed by atoms with van der Waals surface area (Å²) in [5, 5.41) is 17.0. The number of hydrogen-bond donors (Lipinski definition) is 3. The molecule has 0 bridgehead atoms. The fraction of sp³-hybridized carbons (Fsp3) is 0.622. The first-order chi connectivity index (χ1) is 29.8. The molecule has 5 heterocycles. The Morgan fingerprint density at radius 1 is 0.885 bits per heavy atom. The number of benzene rings is 1. The Hall–Kier alpha value is -4.45. The molecule has 1 aromatic carbocycles. The van der Waals surface area contributed by atoms with E-state index in [9.17, 15) is 19.5 Å². The molecule has 1 saturated carbocycles. The van der Waals surface area contributed by atoms with Crippen LogP contribution in [0.4, 0.5) is 5.95 Å². The van der Waals surface area contributed by atoms with Gasteiger partial charge in [0.1, 0.15) is 11.7 Å². The number of anilines is 1. The first-order valence-electron chi connectivity index (χ1n) is 22.4. The molecule has 3 N–H and O–H groups in total. The molecule has 0 radical (unpaired) electrons. The van der Waals surface area contributed by atoms with Crippen LogP contribution in [0, 0.1) is 0 Å². The highest BCUT2D eigenvalue weighted by molar-refractivity contribution is 6.00. The number of amides is 2. The number of fused-ring (bicyclic) bond motifs is 2. The molecule has 2 amide bonds. The molecule has 1 aliphatic carbocycles. The van der Waals surface area contributed by atoms with E-state index >= 15 is 0 Å². The highest BCUT2D eigenvalue weighted by Crippen LogP contribution is 2.36. The molecule has 0 spiro atoms. The molecule has 2 aliphatic heterocycles. The van der Waals surface area contributed by atoms with E-state index in [0.717, 1.165) is 106 Å². The molecule has 2 fully saturated rings. The molecule has 16 heteroatoms. The quantitative estimate of drug-likeness (QED) is 0.0704. The topological polar surface area (TPSA) is 176 Å². The molecule has 4 aromatic rings. The lowest BCUT2D eigenvalue weighted by atomic mass is 9.93. The molecule has 1 saturated heterocycles. The number of aliphatic hydroxyl groups excluding tert-OH is 1. The number of imide groups is 1. The van der Waals surface area contributed by atoms with Gasteiger partial charge in [-0.25, -0.2) is 9.78 Å². The Labute approximate surface area is 357 Å². The van der Waals surface area contributed by atoms with Crippen LogP contribution in [0.5, 0.6) is 0 Å². The Kier molecular flexibility index (Phi) is 16.1. The fourth-order valence-electron chi connectivity index (χ4n) is 8.65. The Morgan fingerprint density at radius 3 is 2.33 bits per heavy atom. The lowest BCUT2D eigenvalue weighted by Crippen LogP contribution is -2.44. The van der Waals surface area contributed by atoms with E-state index in [-0.39, 0.29) is 24.1 Å². The predicted octanol–water partition coefficient (Wildman–Crippen LogP) is 4.54. The lowest BCUT2D eigenvalue weighted by Gasteiger charge is -2.27. The van der Waals surface area contributed by atoms with Gasteiger partial charge < -0.3 is 33.9 Å². The largest absolute Gasteiger partial charge is 0.393 e. The van der Waals surface area contributed by atoms with Crippen molar-refractivity contribution in [3.63, 3.8) is 0 Å². The van der Waals surface area contributed by atoms with Crippen LogP contribution in [-0.2, 0) is 42.0 Å². The van der Waals surface area contributed by atoms with Gasteiger partial charge in [-0.05, 0) is 81.1 Å². The van der Waals surface area contributed by atoms with Crippen molar-refractivity contribution in [2.75, 3.05) is 84.4 Å². The van der Waals surface area contributed by atoms with Crippen molar-refractivity contribution in [3.05, 3.63) is 58.3 Å². The van der Waals surface area contributed by atoms with E-state index in [1.165, 1.54) is 15.7 Å². The van der Waals surface area contributed by atoms with E-state index in [1.807, 2.05) is 24.4 Å². The first kappa shape index (κ1) is 44.6. The van der Waals surface area contributed by atoms with Crippen LogP contribution in [-0.4, -0.2) is 131 Å². The monoisotopic (exact) mass is 844 g/mol. The summed E-state index contributed by atoms with van der Waals surface area (Å²) in [6.07, 6.45) is 15.3. The van der Waals surface area contributed by atoms with Gasteiger partial charge in [-0.15, -0.1) is 0 Å². The van der Waals surface area contributed by atoms with Crippen LogP contribution >= 0.6 is 0 Å². The molecule has 61 heavy (non-hydrogen) atoms. The number of aromatic nitrogens is 5. The Bertz CT molecular complexity index is 2170. The molecule has 3 aromatic heterocycles. The number of carbonyl (C=O) groups is 2. The molecule has 3 aliphatic rings. The standard InChI is InChI=1S/C45H64N8O8/c1-3-4-17-46-44-47-30-36-37(31-52(42(36)49-44)34-8-10-35(54)11-9-34)33-15-18-51(19-16-33)20-22-59-24-26-61-28-27-60-25-23-58-21-5-6-32-7-12-38-40(29-32)50(2)45(57)53(38)39-13-14-41(55)48-43(39)56/h7,12,15,29-31,34-35,39,54H,3-6,8-11,13-14,16-28H2,1-2H3,(H,46,47,49)(H,48,55,56)/t34-,35-,39-/m0/s1. The van der Waals surface area contributed by atoms with E-state index in [0.29, 0.717) is 76.8 Å². The number of imidazole rings is 1. The average molecular weight is 845 g/mol. The number of aryl methyl sites for hydroxylation is 2. The van der Waals surface area contributed by atoms with Crippen LogP contribution in [0.1, 0.15) is 94.3 Å². The highest BCUT2D eigenvalue weighted by Gasteiger charge is 2.31. The number of nitrogens with one attached hydrogen (secondary N) is 2. The van der Waals surface area contributed by atoms with E-state index < -0.39 is 11.9 Å². The second-order valence-electron chi connectivity index (χ2n) is 16.5. The summed E-state index contributed by atoms with van der Waals surface area (Å²) in [5.41, 5.74) is 5.82. The summed E-state index contributed by atoms with van der Waals surface area (Å²) in [6.45, 7) is 10.1. The number of aliphatic hydroxyl groups is 1. The minimum atomic E-state index is -0.688. The summed E-state index contributed by atoms with van der Waals surface area (Å²) < 4.78 is 28.4. The Morgan fingerprint density at radius 2 is 1.62 bits per heavy atom. The van der Waals surface area contributed by atoms with Crippen LogP contribution in [0.15, 0.2) is 41.5 Å². The van der Waals surface area contributed by atoms with Gasteiger partial charge in [0.2, 0.25) is 17.8 Å². The minimum Gasteiger partial charge on any atom is -0.393 e. The van der Waals surface area contributed by atoms with Gasteiger partial charge in [0.05, 0.1) is 63.4 Å². The van der Waals surface area contributed by atoms with Gasteiger partial charge in [-0.1, -0.05) is 25.5 Å². The van der Waals surface area contributed by atoms with Gasteiger partial charge in [0, 0.05) is 75.6 Å². The van der Waals surface area contributed by atoms with Crippen molar-refractivity contribution in [3.8, 4) is 0 Å². The van der Waals surface area contributed by atoms with Crippen molar-refractivity contribution in [1.29, 1.82) is 0 Å². The lowest BCUT2D eigenvalue weighted by molar-refractivity contribution is -0.135. The van der Waals surface area contributed by atoms with Crippen molar-refractivity contribution >= 4 is 45.4 Å². The first-order valence-corrected chi connectivity index (χ1v) is 22.4. The van der Waals surface area contributed by atoms with Gasteiger partial charge in [0.25, 0.3) is 0 Å².